The zero-order valence-corrected chi connectivity index (χ0v) is 17.3. The molecule has 0 N–H and O–H groups in total. The first-order chi connectivity index (χ1) is 14.1. The summed E-state index contributed by atoms with van der Waals surface area (Å²) in [7, 11) is 0. The summed E-state index contributed by atoms with van der Waals surface area (Å²) in [6.07, 6.45) is 3.05. The lowest BCUT2D eigenvalue weighted by molar-refractivity contribution is -0.120. The second-order valence-corrected chi connectivity index (χ2v) is 8.08. The predicted molar refractivity (Wildman–Crippen MR) is 115 cm³/mol. The van der Waals surface area contributed by atoms with Crippen LogP contribution in [0.1, 0.15) is 44.7 Å². The summed E-state index contributed by atoms with van der Waals surface area (Å²) in [5.74, 6) is 1.79. The molecule has 5 heteroatoms. The average molecular weight is 395 g/mol. The highest BCUT2D eigenvalue weighted by atomic mass is 16.5. The van der Waals surface area contributed by atoms with Crippen LogP contribution >= 0.6 is 0 Å². The normalized spacial score (nSPS) is 19.2. The molecule has 154 valence electrons. The number of amides is 1. The average Bonchev–Trinajstić information content (AvgIpc) is 3.04. The Kier molecular flexibility index (Phi) is 6.05. The number of fused-ring (bicyclic) bond motifs is 1. The van der Waals surface area contributed by atoms with E-state index in [0.29, 0.717) is 19.8 Å². The molecular formula is C24H30N2O3. The van der Waals surface area contributed by atoms with Crippen molar-refractivity contribution in [3.05, 3.63) is 54.1 Å². The van der Waals surface area contributed by atoms with E-state index in [2.05, 4.69) is 30.9 Å². The Bertz CT molecular complexity index is 837. The summed E-state index contributed by atoms with van der Waals surface area (Å²) in [4.78, 5) is 17.4. The number of likely N-dealkylation sites (tertiary alicyclic amines) is 1. The van der Waals surface area contributed by atoms with Crippen molar-refractivity contribution < 1.29 is 14.3 Å². The molecule has 0 aliphatic carbocycles. The minimum atomic E-state index is 0.115. The van der Waals surface area contributed by atoms with Crippen molar-refractivity contribution in [2.45, 2.75) is 45.2 Å². The van der Waals surface area contributed by atoms with Gasteiger partial charge in [0.2, 0.25) is 5.91 Å². The van der Waals surface area contributed by atoms with E-state index in [0.717, 1.165) is 43.0 Å². The number of carbonyl (C=O) groups is 1. The molecule has 0 bridgehead atoms. The molecule has 2 aliphatic heterocycles. The van der Waals surface area contributed by atoms with Gasteiger partial charge in [-0.3, -0.25) is 9.69 Å². The molecule has 4 rings (SSSR count). The molecule has 0 unspecified atom stereocenters. The number of anilines is 1. The van der Waals surface area contributed by atoms with E-state index in [9.17, 15) is 4.79 Å². The van der Waals surface area contributed by atoms with Crippen LogP contribution in [-0.4, -0.2) is 43.2 Å². The van der Waals surface area contributed by atoms with Crippen molar-refractivity contribution in [1.82, 2.24) is 4.90 Å². The SMILES string of the molecule is CC(C)N(C(=O)CN1CCC[C@H]1c1ccc2c(c1)OCCCO2)c1ccccc1. The van der Waals surface area contributed by atoms with Crippen LogP contribution in [0.3, 0.4) is 0 Å². The van der Waals surface area contributed by atoms with Crippen LogP contribution in [0.4, 0.5) is 5.69 Å². The van der Waals surface area contributed by atoms with E-state index < -0.39 is 0 Å². The van der Waals surface area contributed by atoms with Gasteiger partial charge >= 0.3 is 0 Å². The minimum Gasteiger partial charge on any atom is -0.490 e. The van der Waals surface area contributed by atoms with Gasteiger partial charge in [-0.25, -0.2) is 0 Å². The van der Waals surface area contributed by atoms with Crippen LogP contribution < -0.4 is 14.4 Å². The lowest BCUT2D eigenvalue weighted by Gasteiger charge is -2.31. The standard InChI is InChI=1S/C24H30N2O3/c1-18(2)26(20-8-4-3-5-9-20)24(27)17-25-13-6-10-21(25)19-11-12-22-23(16-19)29-15-7-14-28-22/h3-5,8-9,11-12,16,18,21H,6-7,10,13-15,17H2,1-2H3/t21-/m0/s1. The van der Waals surface area contributed by atoms with Crippen molar-refractivity contribution >= 4 is 11.6 Å². The third kappa shape index (κ3) is 4.40. The highest BCUT2D eigenvalue weighted by Gasteiger charge is 2.31. The van der Waals surface area contributed by atoms with Gasteiger partial charge in [0.1, 0.15) is 0 Å². The maximum atomic E-state index is 13.2. The van der Waals surface area contributed by atoms with Crippen molar-refractivity contribution in [1.29, 1.82) is 0 Å². The Labute approximate surface area is 173 Å². The Morgan fingerprint density at radius 1 is 1.07 bits per heavy atom. The fourth-order valence-corrected chi connectivity index (χ4v) is 4.35. The van der Waals surface area contributed by atoms with Crippen LogP contribution in [-0.2, 0) is 4.79 Å². The van der Waals surface area contributed by atoms with E-state index in [4.69, 9.17) is 9.47 Å². The number of nitrogens with zero attached hydrogens (tertiary/aromatic N) is 2. The van der Waals surface area contributed by atoms with E-state index in [-0.39, 0.29) is 18.0 Å². The third-order valence-corrected chi connectivity index (χ3v) is 5.68. The zero-order chi connectivity index (χ0) is 20.2. The zero-order valence-electron chi connectivity index (χ0n) is 17.3. The van der Waals surface area contributed by atoms with Crippen molar-refractivity contribution in [2.24, 2.45) is 0 Å². The maximum Gasteiger partial charge on any atom is 0.241 e. The largest absolute Gasteiger partial charge is 0.490 e. The Balaban J connectivity index is 1.51. The van der Waals surface area contributed by atoms with Crippen LogP contribution in [0.2, 0.25) is 0 Å². The fraction of sp³-hybridized carbons (Fsp3) is 0.458. The summed E-state index contributed by atoms with van der Waals surface area (Å²) < 4.78 is 11.6. The lowest BCUT2D eigenvalue weighted by Crippen LogP contribution is -2.43. The first-order valence-corrected chi connectivity index (χ1v) is 10.6. The first-order valence-electron chi connectivity index (χ1n) is 10.6. The van der Waals surface area contributed by atoms with Crippen LogP contribution in [0, 0.1) is 0 Å². The van der Waals surface area contributed by atoms with Gasteiger partial charge in [0.05, 0.1) is 19.8 Å². The summed E-state index contributed by atoms with van der Waals surface area (Å²) in [6.45, 7) is 6.87. The smallest absolute Gasteiger partial charge is 0.241 e. The van der Waals surface area contributed by atoms with Gasteiger partial charge in [-0.05, 0) is 63.1 Å². The van der Waals surface area contributed by atoms with E-state index in [1.807, 2.05) is 41.3 Å². The number of hydrogen-bond donors (Lipinski definition) is 0. The number of hydrogen-bond acceptors (Lipinski definition) is 4. The second kappa shape index (κ2) is 8.87. The molecule has 2 heterocycles. The molecule has 0 radical (unpaired) electrons. The van der Waals surface area contributed by atoms with Gasteiger partial charge < -0.3 is 14.4 Å². The fourth-order valence-electron chi connectivity index (χ4n) is 4.35. The summed E-state index contributed by atoms with van der Waals surface area (Å²) in [6, 6.07) is 16.5. The lowest BCUT2D eigenvalue weighted by atomic mass is 10.0. The van der Waals surface area contributed by atoms with E-state index in [1.54, 1.807) is 0 Å². The monoisotopic (exact) mass is 394 g/mol. The molecular weight excluding hydrogens is 364 g/mol. The number of carbonyl (C=O) groups excluding carboxylic acids is 1. The van der Waals surface area contributed by atoms with Gasteiger partial charge in [0.25, 0.3) is 0 Å². The molecule has 5 nitrogen and oxygen atoms in total. The third-order valence-electron chi connectivity index (χ3n) is 5.68. The number of rotatable bonds is 5. The molecule has 0 spiro atoms. The van der Waals surface area contributed by atoms with Crippen LogP contribution in [0.5, 0.6) is 11.5 Å². The first kappa shape index (κ1) is 19.8. The summed E-state index contributed by atoms with van der Waals surface area (Å²) in [5, 5.41) is 0. The molecule has 1 amide bonds. The predicted octanol–water partition coefficient (Wildman–Crippen LogP) is 4.43. The molecule has 2 aromatic rings. The quantitative estimate of drug-likeness (QED) is 0.753. The summed E-state index contributed by atoms with van der Waals surface area (Å²) >= 11 is 0. The molecule has 0 aromatic heterocycles. The maximum absolute atomic E-state index is 13.2. The highest BCUT2D eigenvalue weighted by Crippen LogP contribution is 2.38. The van der Waals surface area contributed by atoms with Crippen molar-refractivity contribution in [3.63, 3.8) is 0 Å². The Hall–Kier alpha value is -2.53. The minimum absolute atomic E-state index is 0.115. The summed E-state index contributed by atoms with van der Waals surface area (Å²) in [5.41, 5.74) is 2.16. The van der Waals surface area contributed by atoms with Crippen LogP contribution in [0.25, 0.3) is 0 Å². The van der Waals surface area contributed by atoms with Gasteiger partial charge in [0.15, 0.2) is 11.5 Å². The molecule has 2 aliphatic rings. The number of ether oxygens (including phenoxy) is 2. The Morgan fingerprint density at radius 2 is 1.83 bits per heavy atom. The topological polar surface area (TPSA) is 42.0 Å². The highest BCUT2D eigenvalue weighted by molar-refractivity contribution is 5.95. The molecule has 1 saturated heterocycles. The van der Waals surface area contributed by atoms with Gasteiger partial charge in [-0.2, -0.15) is 0 Å². The molecule has 1 atom stereocenters. The van der Waals surface area contributed by atoms with Gasteiger partial charge in [0, 0.05) is 24.2 Å². The van der Waals surface area contributed by atoms with Gasteiger partial charge in [-0.15, -0.1) is 0 Å². The number of para-hydroxylation sites is 1. The van der Waals surface area contributed by atoms with E-state index in [1.165, 1.54) is 5.56 Å². The van der Waals surface area contributed by atoms with E-state index >= 15 is 0 Å². The van der Waals surface area contributed by atoms with Crippen LogP contribution in [0.15, 0.2) is 48.5 Å². The number of benzene rings is 2. The Morgan fingerprint density at radius 3 is 2.59 bits per heavy atom. The molecule has 29 heavy (non-hydrogen) atoms. The molecule has 0 saturated carbocycles. The second-order valence-electron chi connectivity index (χ2n) is 8.08. The van der Waals surface area contributed by atoms with Crippen molar-refractivity contribution in [2.75, 3.05) is 31.2 Å². The van der Waals surface area contributed by atoms with Crippen molar-refractivity contribution in [3.8, 4) is 11.5 Å². The van der Waals surface area contributed by atoms with Gasteiger partial charge in [-0.1, -0.05) is 24.3 Å². The molecule has 2 aromatic carbocycles. The molecule has 1 fully saturated rings.